The topological polar surface area (TPSA) is 50.2 Å². The first-order valence-corrected chi connectivity index (χ1v) is 7.08. The molecule has 0 aliphatic carbocycles. The van der Waals surface area contributed by atoms with E-state index in [4.69, 9.17) is 0 Å². The van der Waals surface area contributed by atoms with Crippen molar-refractivity contribution in [3.8, 4) is 0 Å². The number of aromatic nitrogens is 2. The third-order valence-corrected chi connectivity index (χ3v) is 3.72. The number of likely N-dealkylation sites (tertiary alicyclic amines) is 1. The number of nitrogens with one attached hydrogen (secondary N) is 1. The zero-order chi connectivity index (χ0) is 13.8. The minimum absolute atomic E-state index is 0.191. The standard InChI is InChI=1S/C14H24N4O/c1-11(2)18-10-13(9-16-18)8-15-14-4-6-17(7-5-14)12(3)19/h9-11,14-15H,4-8H2,1-3H3. The van der Waals surface area contributed by atoms with Gasteiger partial charge in [0.05, 0.1) is 6.20 Å². The van der Waals surface area contributed by atoms with E-state index in [0.717, 1.165) is 32.5 Å². The van der Waals surface area contributed by atoms with E-state index < -0.39 is 0 Å². The molecule has 1 aromatic heterocycles. The van der Waals surface area contributed by atoms with Crippen LogP contribution in [0.2, 0.25) is 0 Å². The average Bonchev–Trinajstić information content (AvgIpc) is 2.86. The Bertz CT molecular complexity index is 419. The van der Waals surface area contributed by atoms with Gasteiger partial charge in [0.1, 0.15) is 0 Å². The second-order valence-corrected chi connectivity index (χ2v) is 5.58. The van der Waals surface area contributed by atoms with Crippen LogP contribution in [0.15, 0.2) is 12.4 Å². The van der Waals surface area contributed by atoms with E-state index >= 15 is 0 Å². The number of rotatable bonds is 4. The van der Waals surface area contributed by atoms with Crippen molar-refractivity contribution in [3.05, 3.63) is 18.0 Å². The number of piperidine rings is 1. The van der Waals surface area contributed by atoms with E-state index in [2.05, 4.69) is 30.5 Å². The Morgan fingerprint density at radius 2 is 2.16 bits per heavy atom. The molecular weight excluding hydrogens is 240 g/mol. The molecule has 1 amide bonds. The fourth-order valence-electron chi connectivity index (χ4n) is 2.41. The summed E-state index contributed by atoms with van der Waals surface area (Å²) in [5.41, 5.74) is 1.22. The molecule has 1 fully saturated rings. The Kier molecular flexibility index (Phi) is 4.58. The predicted octanol–water partition coefficient (Wildman–Crippen LogP) is 1.56. The van der Waals surface area contributed by atoms with Gasteiger partial charge in [0.2, 0.25) is 5.91 Å². The van der Waals surface area contributed by atoms with E-state index in [1.807, 2.05) is 15.8 Å². The van der Waals surface area contributed by atoms with Gasteiger partial charge in [0, 0.05) is 50.4 Å². The van der Waals surface area contributed by atoms with E-state index in [9.17, 15) is 4.79 Å². The molecule has 1 N–H and O–H groups in total. The fraction of sp³-hybridized carbons (Fsp3) is 0.714. The zero-order valence-corrected chi connectivity index (χ0v) is 12.1. The lowest BCUT2D eigenvalue weighted by atomic mass is 10.0. The maximum atomic E-state index is 11.2. The van der Waals surface area contributed by atoms with Crippen molar-refractivity contribution in [2.45, 2.75) is 52.2 Å². The highest BCUT2D eigenvalue weighted by Gasteiger charge is 2.20. The van der Waals surface area contributed by atoms with Crippen molar-refractivity contribution in [1.29, 1.82) is 0 Å². The Hall–Kier alpha value is -1.36. The normalized spacial score (nSPS) is 17.2. The van der Waals surface area contributed by atoms with Crippen molar-refractivity contribution in [3.63, 3.8) is 0 Å². The number of hydrogen-bond acceptors (Lipinski definition) is 3. The summed E-state index contributed by atoms with van der Waals surface area (Å²) in [5, 5.41) is 7.90. The number of hydrogen-bond donors (Lipinski definition) is 1. The van der Waals surface area contributed by atoms with Gasteiger partial charge in [0.25, 0.3) is 0 Å². The molecule has 1 aromatic rings. The lowest BCUT2D eigenvalue weighted by molar-refractivity contribution is -0.129. The molecule has 0 aromatic carbocycles. The van der Waals surface area contributed by atoms with Crippen LogP contribution in [0.3, 0.4) is 0 Å². The first kappa shape index (κ1) is 14.1. The zero-order valence-electron chi connectivity index (χ0n) is 12.1. The first-order chi connectivity index (χ1) is 9.06. The van der Waals surface area contributed by atoms with Crippen LogP contribution in [0.25, 0.3) is 0 Å². The van der Waals surface area contributed by atoms with Gasteiger partial charge in [0.15, 0.2) is 0 Å². The van der Waals surface area contributed by atoms with Crippen molar-refractivity contribution in [2.75, 3.05) is 13.1 Å². The van der Waals surface area contributed by atoms with Crippen LogP contribution in [0, 0.1) is 0 Å². The molecule has 19 heavy (non-hydrogen) atoms. The molecule has 5 heteroatoms. The summed E-state index contributed by atoms with van der Waals surface area (Å²) in [7, 11) is 0. The summed E-state index contributed by atoms with van der Waals surface area (Å²) >= 11 is 0. The highest BCUT2D eigenvalue weighted by molar-refractivity contribution is 5.73. The Balaban J connectivity index is 1.75. The molecular formula is C14H24N4O. The van der Waals surface area contributed by atoms with Gasteiger partial charge in [-0.05, 0) is 26.7 Å². The van der Waals surface area contributed by atoms with Gasteiger partial charge >= 0.3 is 0 Å². The van der Waals surface area contributed by atoms with Gasteiger partial charge < -0.3 is 10.2 Å². The smallest absolute Gasteiger partial charge is 0.219 e. The molecule has 0 spiro atoms. The highest BCUT2D eigenvalue weighted by atomic mass is 16.2. The van der Waals surface area contributed by atoms with E-state index in [-0.39, 0.29) is 5.91 Å². The maximum absolute atomic E-state index is 11.2. The quantitative estimate of drug-likeness (QED) is 0.898. The molecule has 1 saturated heterocycles. The van der Waals surface area contributed by atoms with Crippen LogP contribution < -0.4 is 5.32 Å². The highest BCUT2D eigenvalue weighted by Crippen LogP contribution is 2.12. The van der Waals surface area contributed by atoms with Crippen LogP contribution in [-0.4, -0.2) is 39.7 Å². The van der Waals surface area contributed by atoms with E-state index in [1.54, 1.807) is 6.92 Å². The molecule has 0 radical (unpaired) electrons. The SMILES string of the molecule is CC(=O)N1CCC(NCc2cnn(C(C)C)c2)CC1. The van der Waals surface area contributed by atoms with Crippen LogP contribution in [0.1, 0.15) is 45.2 Å². The molecule has 106 valence electrons. The molecule has 2 rings (SSSR count). The molecule has 2 heterocycles. The predicted molar refractivity (Wildman–Crippen MR) is 74.7 cm³/mol. The lowest BCUT2D eigenvalue weighted by Gasteiger charge is -2.31. The summed E-state index contributed by atoms with van der Waals surface area (Å²) in [4.78, 5) is 13.2. The second kappa shape index (κ2) is 6.19. The monoisotopic (exact) mass is 264 g/mol. The summed E-state index contributed by atoms with van der Waals surface area (Å²) < 4.78 is 1.98. The largest absolute Gasteiger partial charge is 0.343 e. The number of carbonyl (C=O) groups is 1. The molecule has 1 aliphatic heterocycles. The van der Waals surface area contributed by atoms with Gasteiger partial charge in [-0.1, -0.05) is 0 Å². The molecule has 0 saturated carbocycles. The number of amides is 1. The molecule has 0 bridgehead atoms. The van der Waals surface area contributed by atoms with Gasteiger partial charge in [-0.2, -0.15) is 5.10 Å². The van der Waals surface area contributed by atoms with Crippen molar-refractivity contribution in [1.82, 2.24) is 20.0 Å². The average molecular weight is 264 g/mol. The first-order valence-electron chi connectivity index (χ1n) is 7.08. The van der Waals surface area contributed by atoms with Gasteiger partial charge in [-0.25, -0.2) is 0 Å². The van der Waals surface area contributed by atoms with E-state index in [0.29, 0.717) is 12.1 Å². The lowest BCUT2D eigenvalue weighted by Crippen LogP contribution is -2.43. The van der Waals surface area contributed by atoms with Crippen molar-refractivity contribution >= 4 is 5.91 Å². The Morgan fingerprint density at radius 1 is 1.47 bits per heavy atom. The Labute approximate surface area is 115 Å². The van der Waals surface area contributed by atoms with Crippen LogP contribution in [0.4, 0.5) is 0 Å². The second-order valence-electron chi connectivity index (χ2n) is 5.58. The van der Waals surface area contributed by atoms with E-state index in [1.165, 1.54) is 5.56 Å². The summed E-state index contributed by atoms with van der Waals surface area (Å²) in [5.74, 6) is 0.191. The van der Waals surface area contributed by atoms with Crippen LogP contribution in [0.5, 0.6) is 0 Å². The summed E-state index contributed by atoms with van der Waals surface area (Å²) in [6, 6.07) is 0.922. The molecule has 5 nitrogen and oxygen atoms in total. The molecule has 0 atom stereocenters. The van der Waals surface area contributed by atoms with Crippen LogP contribution >= 0.6 is 0 Å². The minimum Gasteiger partial charge on any atom is -0.343 e. The minimum atomic E-state index is 0.191. The number of nitrogens with zero attached hydrogens (tertiary/aromatic N) is 3. The van der Waals surface area contributed by atoms with Crippen LogP contribution in [-0.2, 0) is 11.3 Å². The third kappa shape index (κ3) is 3.80. The maximum Gasteiger partial charge on any atom is 0.219 e. The van der Waals surface area contributed by atoms with Crippen molar-refractivity contribution in [2.24, 2.45) is 0 Å². The van der Waals surface area contributed by atoms with Crippen molar-refractivity contribution < 1.29 is 4.79 Å². The van der Waals surface area contributed by atoms with Gasteiger partial charge in [-0.15, -0.1) is 0 Å². The Morgan fingerprint density at radius 3 is 2.68 bits per heavy atom. The van der Waals surface area contributed by atoms with Gasteiger partial charge in [-0.3, -0.25) is 9.48 Å². The molecule has 0 unspecified atom stereocenters. The third-order valence-electron chi connectivity index (χ3n) is 3.72. The fourth-order valence-corrected chi connectivity index (χ4v) is 2.41. The number of carbonyl (C=O) groups excluding carboxylic acids is 1. The summed E-state index contributed by atoms with van der Waals surface area (Å²) in [6.07, 6.45) is 6.11. The summed E-state index contributed by atoms with van der Waals surface area (Å²) in [6.45, 7) is 8.51. The molecule has 1 aliphatic rings.